The molecular formula is C16H16F3NO3S. The molecule has 0 N–H and O–H groups in total. The van der Waals surface area contributed by atoms with Gasteiger partial charge in [-0.25, -0.2) is 0 Å². The lowest BCUT2D eigenvalue weighted by atomic mass is 10.1. The van der Waals surface area contributed by atoms with Gasteiger partial charge >= 0.3 is 6.18 Å². The Morgan fingerprint density at radius 2 is 1.96 bits per heavy atom. The average molecular weight is 359 g/mol. The summed E-state index contributed by atoms with van der Waals surface area (Å²) >= 11 is 1.36. The zero-order chi connectivity index (χ0) is 17.7. The lowest BCUT2D eigenvalue weighted by molar-refractivity contribution is -0.141. The molecule has 1 amide bonds. The number of rotatable bonds is 6. The van der Waals surface area contributed by atoms with Crippen molar-refractivity contribution in [3.63, 3.8) is 0 Å². The second-order valence-electron chi connectivity index (χ2n) is 4.95. The van der Waals surface area contributed by atoms with Gasteiger partial charge in [-0.2, -0.15) is 24.5 Å². The number of nitrogens with zero attached hydrogens (tertiary/aromatic N) is 1. The second kappa shape index (κ2) is 7.57. The Labute approximate surface area is 141 Å². The van der Waals surface area contributed by atoms with Gasteiger partial charge in [-0.15, -0.1) is 0 Å². The van der Waals surface area contributed by atoms with Crippen LogP contribution in [0.2, 0.25) is 0 Å². The van der Waals surface area contributed by atoms with Gasteiger partial charge in [0, 0.05) is 6.54 Å². The average Bonchev–Trinajstić information content (AvgIpc) is 3.04. The molecule has 130 valence electrons. The number of hydrogen-bond donors (Lipinski definition) is 0. The molecule has 0 aliphatic carbocycles. The van der Waals surface area contributed by atoms with E-state index in [-0.39, 0.29) is 23.6 Å². The third-order valence-corrected chi connectivity index (χ3v) is 3.98. The van der Waals surface area contributed by atoms with Gasteiger partial charge in [-0.05, 0) is 34.5 Å². The van der Waals surface area contributed by atoms with Gasteiger partial charge < -0.3 is 14.4 Å². The maximum atomic E-state index is 12.9. The summed E-state index contributed by atoms with van der Waals surface area (Å²) in [5.74, 6) is -0.373. The van der Waals surface area contributed by atoms with Crippen LogP contribution in [0.3, 0.4) is 0 Å². The van der Waals surface area contributed by atoms with Crippen molar-refractivity contribution in [2.45, 2.75) is 12.7 Å². The monoisotopic (exact) mass is 359 g/mol. The van der Waals surface area contributed by atoms with Gasteiger partial charge in [0.25, 0.3) is 5.91 Å². The molecule has 0 bridgehead atoms. The Hall–Kier alpha value is -2.22. The van der Waals surface area contributed by atoms with Crippen molar-refractivity contribution in [1.82, 2.24) is 4.90 Å². The smallest absolute Gasteiger partial charge is 0.406 e. The van der Waals surface area contributed by atoms with Crippen LogP contribution < -0.4 is 9.47 Å². The Morgan fingerprint density at radius 3 is 2.50 bits per heavy atom. The molecule has 1 aromatic heterocycles. The summed E-state index contributed by atoms with van der Waals surface area (Å²) in [7, 11) is 2.73. The number of para-hydroxylation sites is 1. The number of carbonyl (C=O) groups is 1. The lowest BCUT2D eigenvalue weighted by Crippen LogP contribution is -2.38. The molecule has 0 aliphatic heterocycles. The topological polar surface area (TPSA) is 38.8 Å². The summed E-state index contributed by atoms with van der Waals surface area (Å²) in [6, 6.07) is 6.21. The summed E-state index contributed by atoms with van der Waals surface area (Å²) in [6.07, 6.45) is -4.50. The zero-order valence-corrected chi connectivity index (χ0v) is 13.9. The first-order chi connectivity index (χ1) is 11.4. The van der Waals surface area contributed by atoms with E-state index in [4.69, 9.17) is 9.47 Å². The van der Waals surface area contributed by atoms with Gasteiger partial charge in [-0.3, -0.25) is 4.79 Å². The minimum absolute atomic E-state index is 0.0244. The van der Waals surface area contributed by atoms with Crippen LogP contribution in [0.25, 0.3) is 0 Å². The van der Waals surface area contributed by atoms with Crippen LogP contribution in [0.15, 0.2) is 35.0 Å². The van der Waals surface area contributed by atoms with Gasteiger partial charge in [0.2, 0.25) is 0 Å². The van der Waals surface area contributed by atoms with Crippen molar-refractivity contribution in [2.24, 2.45) is 0 Å². The Morgan fingerprint density at radius 1 is 1.21 bits per heavy atom. The fraction of sp³-hybridized carbons (Fsp3) is 0.312. The van der Waals surface area contributed by atoms with E-state index in [1.54, 1.807) is 22.9 Å². The highest BCUT2D eigenvalue weighted by atomic mass is 32.1. The highest BCUT2D eigenvalue weighted by Gasteiger charge is 2.34. The molecule has 2 aromatic rings. The first-order valence-corrected chi connectivity index (χ1v) is 7.88. The van der Waals surface area contributed by atoms with Crippen LogP contribution in [-0.4, -0.2) is 37.7 Å². The van der Waals surface area contributed by atoms with Crippen molar-refractivity contribution in [3.8, 4) is 11.5 Å². The van der Waals surface area contributed by atoms with E-state index >= 15 is 0 Å². The normalized spacial score (nSPS) is 11.2. The maximum Gasteiger partial charge on any atom is 0.406 e. The number of benzene rings is 1. The highest BCUT2D eigenvalue weighted by Crippen LogP contribution is 2.32. The first-order valence-electron chi connectivity index (χ1n) is 6.94. The fourth-order valence-corrected chi connectivity index (χ4v) is 2.90. The van der Waals surface area contributed by atoms with Crippen molar-refractivity contribution in [2.75, 3.05) is 20.8 Å². The van der Waals surface area contributed by atoms with E-state index in [1.807, 2.05) is 0 Å². The molecule has 8 heteroatoms. The minimum Gasteiger partial charge on any atom is -0.493 e. The van der Waals surface area contributed by atoms with E-state index in [1.165, 1.54) is 37.7 Å². The number of ether oxygens (including phenoxy) is 2. The molecule has 0 aliphatic rings. The van der Waals surface area contributed by atoms with Gasteiger partial charge in [0.1, 0.15) is 6.54 Å². The largest absolute Gasteiger partial charge is 0.493 e. The van der Waals surface area contributed by atoms with Crippen molar-refractivity contribution in [3.05, 3.63) is 46.2 Å². The second-order valence-corrected chi connectivity index (χ2v) is 5.73. The van der Waals surface area contributed by atoms with Crippen LogP contribution in [-0.2, 0) is 6.54 Å². The number of alkyl halides is 3. The minimum atomic E-state index is -4.50. The molecule has 24 heavy (non-hydrogen) atoms. The maximum absolute atomic E-state index is 12.9. The van der Waals surface area contributed by atoms with Gasteiger partial charge in [0.05, 0.1) is 19.8 Å². The molecule has 4 nitrogen and oxygen atoms in total. The summed E-state index contributed by atoms with van der Waals surface area (Å²) in [5.41, 5.74) is 0.663. The first kappa shape index (κ1) is 18.1. The predicted molar refractivity (Wildman–Crippen MR) is 84.7 cm³/mol. The number of thiophene rings is 1. The zero-order valence-electron chi connectivity index (χ0n) is 13.1. The molecule has 0 spiro atoms. The SMILES string of the molecule is COc1cccc(C(=O)N(Cc2ccsc2)CC(F)(F)F)c1OC. The number of carbonyl (C=O) groups excluding carboxylic acids is 1. The summed E-state index contributed by atoms with van der Waals surface area (Å²) in [4.78, 5) is 13.4. The number of halogens is 3. The molecule has 0 atom stereocenters. The van der Waals surface area contributed by atoms with Crippen LogP contribution in [0, 0.1) is 0 Å². The molecule has 1 heterocycles. The third kappa shape index (κ3) is 4.41. The van der Waals surface area contributed by atoms with Crippen molar-refractivity contribution < 1.29 is 27.4 Å². The molecular weight excluding hydrogens is 343 g/mol. The van der Waals surface area contributed by atoms with E-state index in [0.29, 0.717) is 5.56 Å². The van der Waals surface area contributed by atoms with Gasteiger partial charge in [-0.1, -0.05) is 6.07 Å². The Balaban J connectivity index is 2.36. The van der Waals surface area contributed by atoms with Crippen molar-refractivity contribution in [1.29, 1.82) is 0 Å². The van der Waals surface area contributed by atoms with E-state index in [2.05, 4.69) is 0 Å². The van der Waals surface area contributed by atoms with E-state index < -0.39 is 18.6 Å². The van der Waals surface area contributed by atoms with Crippen LogP contribution in [0.5, 0.6) is 11.5 Å². The van der Waals surface area contributed by atoms with Crippen LogP contribution in [0.1, 0.15) is 15.9 Å². The van der Waals surface area contributed by atoms with Crippen LogP contribution in [0.4, 0.5) is 13.2 Å². The molecule has 0 fully saturated rings. The Kier molecular flexibility index (Phi) is 5.71. The fourth-order valence-electron chi connectivity index (χ4n) is 2.24. The predicted octanol–water partition coefficient (Wildman–Crippen LogP) is 3.97. The molecule has 2 rings (SSSR count). The van der Waals surface area contributed by atoms with E-state index in [0.717, 1.165) is 4.90 Å². The Bertz CT molecular complexity index is 686. The summed E-state index contributed by atoms with van der Waals surface area (Å²) in [5, 5.41) is 3.46. The quantitative estimate of drug-likeness (QED) is 0.783. The van der Waals surface area contributed by atoms with E-state index in [9.17, 15) is 18.0 Å². The summed E-state index contributed by atoms with van der Waals surface area (Å²) in [6.45, 7) is -1.48. The molecule has 0 radical (unpaired) electrons. The summed E-state index contributed by atoms with van der Waals surface area (Å²) < 4.78 is 48.9. The van der Waals surface area contributed by atoms with Crippen molar-refractivity contribution >= 4 is 17.2 Å². The number of methoxy groups -OCH3 is 2. The van der Waals surface area contributed by atoms with Crippen LogP contribution >= 0.6 is 11.3 Å². The third-order valence-electron chi connectivity index (χ3n) is 3.24. The molecule has 0 saturated heterocycles. The molecule has 0 saturated carbocycles. The highest BCUT2D eigenvalue weighted by molar-refractivity contribution is 7.07. The van der Waals surface area contributed by atoms with Gasteiger partial charge in [0.15, 0.2) is 11.5 Å². The standard InChI is InChI=1S/C16H16F3NO3S/c1-22-13-5-3-4-12(14(13)23-2)15(21)20(10-16(17,18)19)8-11-6-7-24-9-11/h3-7,9H,8,10H2,1-2H3. The molecule has 0 unspecified atom stereocenters. The number of amides is 1. The lowest BCUT2D eigenvalue weighted by Gasteiger charge is -2.25. The molecule has 1 aromatic carbocycles. The number of hydrogen-bond acceptors (Lipinski definition) is 4.